The molecule has 2 aliphatic rings. The lowest BCUT2D eigenvalue weighted by Crippen LogP contribution is -2.30. The minimum Gasteiger partial charge on any atom is -0.378 e. The molecule has 7 nitrogen and oxygen atoms in total. The normalized spacial score (nSPS) is 21.2. The number of nitro benzene ring substituents is 1. The molecule has 0 bridgehead atoms. The molecule has 5 rings (SSSR count). The number of hydrogen-bond acceptors (Lipinski definition) is 5. The van der Waals surface area contributed by atoms with Crippen molar-refractivity contribution in [1.29, 1.82) is 0 Å². The number of rotatable bonds is 6. The van der Waals surface area contributed by atoms with Crippen LogP contribution in [0.2, 0.25) is 0 Å². The van der Waals surface area contributed by atoms with Gasteiger partial charge in [0.05, 0.1) is 15.9 Å². The van der Waals surface area contributed by atoms with Crippen molar-refractivity contribution in [3.05, 3.63) is 112 Å². The van der Waals surface area contributed by atoms with E-state index in [0.717, 1.165) is 28.8 Å². The molecule has 0 aromatic heterocycles. The van der Waals surface area contributed by atoms with Crippen molar-refractivity contribution in [1.82, 2.24) is 4.72 Å². The number of sulfonamides is 1. The maximum Gasteiger partial charge on any atom is 0.269 e. The fraction of sp³-hybridized carbons (Fsp3) is 0.200. The Labute approximate surface area is 192 Å². The van der Waals surface area contributed by atoms with Gasteiger partial charge in [0.2, 0.25) is 10.0 Å². The first-order chi connectivity index (χ1) is 15.9. The maximum absolute atomic E-state index is 13.0. The van der Waals surface area contributed by atoms with E-state index in [4.69, 9.17) is 0 Å². The van der Waals surface area contributed by atoms with Crippen LogP contribution in [0.15, 0.2) is 89.8 Å². The van der Waals surface area contributed by atoms with Crippen LogP contribution in [0.25, 0.3) is 0 Å². The number of nitrogens with zero attached hydrogens (tertiary/aromatic N) is 1. The molecule has 1 aliphatic carbocycles. The summed E-state index contributed by atoms with van der Waals surface area (Å²) >= 11 is 0. The zero-order chi connectivity index (χ0) is 23.0. The van der Waals surface area contributed by atoms with Crippen LogP contribution in [0, 0.1) is 16.0 Å². The second-order valence-electron chi connectivity index (χ2n) is 8.38. The van der Waals surface area contributed by atoms with Crippen LogP contribution >= 0.6 is 0 Å². The number of fused-ring (bicyclic) bond motifs is 3. The summed E-state index contributed by atoms with van der Waals surface area (Å²) in [6, 6.07) is 21.2. The van der Waals surface area contributed by atoms with E-state index in [1.807, 2.05) is 36.4 Å². The third kappa shape index (κ3) is 4.15. The number of allylic oxidation sites excluding steroid dienone is 2. The Morgan fingerprint density at radius 3 is 2.52 bits per heavy atom. The van der Waals surface area contributed by atoms with Crippen molar-refractivity contribution in [2.75, 3.05) is 5.32 Å². The largest absolute Gasteiger partial charge is 0.378 e. The maximum atomic E-state index is 13.0. The minimum atomic E-state index is -3.66. The molecular formula is C25H23N3O4S. The van der Waals surface area contributed by atoms with E-state index in [0.29, 0.717) is 0 Å². The molecule has 0 spiro atoms. The fourth-order valence-corrected chi connectivity index (χ4v) is 5.78. The Bertz CT molecular complexity index is 1320. The molecule has 2 N–H and O–H groups in total. The lowest BCUT2D eigenvalue weighted by Gasteiger charge is -2.37. The second-order valence-corrected chi connectivity index (χ2v) is 10.2. The van der Waals surface area contributed by atoms with Gasteiger partial charge in [-0.3, -0.25) is 10.1 Å². The average Bonchev–Trinajstić information content (AvgIpc) is 3.33. The van der Waals surface area contributed by atoms with Crippen molar-refractivity contribution >= 4 is 21.4 Å². The Morgan fingerprint density at radius 1 is 1.03 bits per heavy atom. The topological polar surface area (TPSA) is 101 Å². The molecule has 33 heavy (non-hydrogen) atoms. The first-order valence-electron chi connectivity index (χ1n) is 10.8. The first-order valence-corrected chi connectivity index (χ1v) is 12.3. The van der Waals surface area contributed by atoms with Gasteiger partial charge in [-0.1, -0.05) is 54.6 Å². The molecule has 0 radical (unpaired) electrons. The van der Waals surface area contributed by atoms with E-state index in [1.54, 1.807) is 24.3 Å². The molecule has 8 heteroatoms. The lowest BCUT2D eigenvalue weighted by atomic mass is 9.77. The monoisotopic (exact) mass is 461 g/mol. The third-order valence-corrected chi connectivity index (χ3v) is 7.82. The van der Waals surface area contributed by atoms with Crippen LogP contribution in [0.4, 0.5) is 11.4 Å². The molecule has 0 fully saturated rings. The third-order valence-electron chi connectivity index (χ3n) is 6.42. The van der Waals surface area contributed by atoms with E-state index in [-0.39, 0.29) is 35.0 Å². The molecule has 0 saturated carbocycles. The van der Waals surface area contributed by atoms with Gasteiger partial charge in [0, 0.05) is 30.3 Å². The van der Waals surface area contributed by atoms with Gasteiger partial charge >= 0.3 is 0 Å². The number of hydrogen-bond donors (Lipinski definition) is 2. The highest BCUT2D eigenvalue weighted by Crippen LogP contribution is 2.50. The first kappa shape index (κ1) is 21.4. The summed E-state index contributed by atoms with van der Waals surface area (Å²) in [5, 5.41) is 14.5. The second kappa shape index (κ2) is 8.46. The Hall–Kier alpha value is -3.49. The van der Waals surface area contributed by atoms with Crippen molar-refractivity contribution in [2.45, 2.75) is 29.8 Å². The van der Waals surface area contributed by atoms with Crippen molar-refractivity contribution < 1.29 is 13.3 Å². The summed E-state index contributed by atoms with van der Waals surface area (Å²) in [7, 11) is -3.66. The Kier molecular flexibility index (Phi) is 5.47. The number of nitro groups is 1. The lowest BCUT2D eigenvalue weighted by molar-refractivity contribution is -0.384. The predicted molar refractivity (Wildman–Crippen MR) is 126 cm³/mol. The smallest absolute Gasteiger partial charge is 0.269 e. The van der Waals surface area contributed by atoms with Gasteiger partial charge in [0.15, 0.2) is 0 Å². The standard InChI is InChI=1S/C25H23N3O4S/c29-28(30)19-11-9-18(10-12-19)25-22-8-4-7-21(22)23-15-20(13-14-24(23)27-25)33(31,32)26-16-17-5-2-1-3-6-17/h1-7,9-15,21-22,25-27H,8,16H2. The molecular weight excluding hydrogens is 438 g/mol. The van der Waals surface area contributed by atoms with Crippen LogP contribution in [0.1, 0.15) is 35.1 Å². The summed E-state index contributed by atoms with van der Waals surface area (Å²) in [6.45, 7) is 0.229. The molecule has 3 unspecified atom stereocenters. The van der Waals surface area contributed by atoms with Crippen molar-refractivity contribution in [3.63, 3.8) is 0 Å². The van der Waals surface area contributed by atoms with Gasteiger partial charge in [0.25, 0.3) is 5.69 Å². The molecule has 0 amide bonds. The average molecular weight is 462 g/mol. The molecule has 3 aromatic carbocycles. The predicted octanol–water partition coefficient (Wildman–Crippen LogP) is 4.90. The molecule has 1 aliphatic heterocycles. The zero-order valence-corrected chi connectivity index (χ0v) is 18.5. The Morgan fingerprint density at radius 2 is 1.79 bits per heavy atom. The summed E-state index contributed by atoms with van der Waals surface area (Å²) in [5.74, 6) is 0.278. The van der Waals surface area contributed by atoms with Gasteiger partial charge in [0.1, 0.15) is 0 Å². The molecule has 1 heterocycles. The van der Waals surface area contributed by atoms with E-state index >= 15 is 0 Å². The van der Waals surface area contributed by atoms with E-state index in [2.05, 4.69) is 22.2 Å². The summed E-state index contributed by atoms with van der Waals surface area (Å²) in [4.78, 5) is 10.8. The summed E-state index contributed by atoms with van der Waals surface area (Å²) in [5.41, 5.74) is 3.77. The number of anilines is 1. The van der Waals surface area contributed by atoms with Gasteiger partial charge < -0.3 is 5.32 Å². The van der Waals surface area contributed by atoms with Gasteiger partial charge in [-0.05, 0) is 47.2 Å². The van der Waals surface area contributed by atoms with Crippen LogP contribution < -0.4 is 10.0 Å². The summed E-state index contributed by atoms with van der Waals surface area (Å²) < 4.78 is 28.6. The van der Waals surface area contributed by atoms with E-state index in [1.165, 1.54) is 12.1 Å². The van der Waals surface area contributed by atoms with Crippen LogP contribution in [-0.2, 0) is 16.6 Å². The number of non-ortho nitro benzene ring substituents is 1. The molecule has 0 saturated heterocycles. The SMILES string of the molecule is O=[N+]([O-])c1ccc(C2Nc3ccc(S(=O)(=O)NCc4ccccc4)cc3C3C=CCC32)cc1. The Balaban J connectivity index is 1.42. The zero-order valence-electron chi connectivity index (χ0n) is 17.7. The molecule has 3 atom stereocenters. The van der Waals surface area contributed by atoms with E-state index < -0.39 is 14.9 Å². The highest BCUT2D eigenvalue weighted by atomic mass is 32.2. The van der Waals surface area contributed by atoms with Crippen LogP contribution in [-0.4, -0.2) is 13.3 Å². The summed E-state index contributed by atoms with van der Waals surface area (Å²) in [6.07, 6.45) is 5.11. The van der Waals surface area contributed by atoms with Crippen molar-refractivity contribution in [3.8, 4) is 0 Å². The van der Waals surface area contributed by atoms with Gasteiger partial charge in [-0.2, -0.15) is 0 Å². The van der Waals surface area contributed by atoms with Crippen molar-refractivity contribution in [2.24, 2.45) is 5.92 Å². The van der Waals surface area contributed by atoms with Gasteiger partial charge in [-0.25, -0.2) is 13.1 Å². The quantitative estimate of drug-likeness (QED) is 0.309. The highest BCUT2D eigenvalue weighted by molar-refractivity contribution is 7.89. The van der Waals surface area contributed by atoms with Gasteiger partial charge in [-0.15, -0.1) is 0 Å². The number of nitrogens with one attached hydrogen (secondary N) is 2. The fourth-order valence-electron chi connectivity index (χ4n) is 4.73. The van der Waals surface area contributed by atoms with Crippen LogP contribution in [0.5, 0.6) is 0 Å². The molecule has 168 valence electrons. The molecule has 3 aromatic rings. The van der Waals surface area contributed by atoms with E-state index in [9.17, 15) is 18.5 Å². The minimum absolute atomic E-state index is 0.0167. The number of benzene rings is 3. The van der Waals surface area contributed by atoms with Crippen LogP contribution in [0.3, 0.4) is 0 Å². The highest BCUT2D eigenvalue weighted by Gasteiger charge is 2.38.